The number of pyridine rings is 1. The van der Waals surface area contributed by atoms with Crippen LogP contribution >= 0.6 is 0 Å². The molecule has 0 radical (unpaired) electrons. The fraction of sp³-hybridized carbons (Fsp3) is 0.364. The molecule has 1 aromatic carbocycles. The van der Waals surface area contributed by atoms with Crippen LogP contribution in [0.3, 0.4) is 0 Å². The van der Waals surface area contributed by atoms with Crippen LogP contribution < -0.4 is 5.56 Å². The molecule has 1 fully saturated rings. The van der Waals surface area contributed by atoms with Gasteiger partial charge in [0.15, 0.2) is 22.8 Å². The van der Waals surface area contributed by atoms with Crippen LogP contribution in [0.25, 0.3) is 33.1 Å². The van der Waals surface area contributed by atoms with E-state index in [1.807, 2.05) is 23.6 Å². The third kappa shape index (κ3) is 2.76. The molecule has 3 heterocycles. The first kappa shape index (κ1) is 18.0. The van der Waals surface area contributed by atoms with Gasteiger partial charge in [0.05, 0.1) is 5.52 Å². The lowest BCUT2D eigenvalue weighted by Gasteiger charge is -2.17. The minimum Gasteiger partial charge on any atom is -0.440 e. The lowest BCUT2D eigenvalue weighted by molar-refractivity contribution is 0.0687. The Balaban J connectivity index is 1.79. The van der Waals surface area contributed by atoms with Crippen LogP contribution in [0.2, 0.25) is 0 Å². The lowest BCUT2D eigenvalue weighted by Crippen LogP contribution is -2.21. The topological polar surface area (TPSA) is 94.0 Å². The molecule has 0 bridgehead atoms. The summed E-state index contributed by atoms with van der Waals surface area (Å²) in [4.78, 5) is 26.2. The number of aliphatic hydroxyl groups is 1. The summed E-state index contributed by atoms with van der Waals surface area (Å²) in [6, 6.07) is 4.18. The molecule has 0 amide bonds. The second kappa shape index (κ2) is 5.97. The predicted octanol–water partition coefficient (Wildman–Crippen LogP) is 3.78. The van der Waals surface area contributed by atoms with Crippen molar-refractivity contribution in [2.24, 2.45) is 0 Å². The largest absolute Gasteiger partial charge is 0.440 e. The van der Waals surface area contributed by atoms with Crippen LogP contribution in [-0.4, -0.2) is 24.6 Å². The highest BCUT2D eigenvalue weighted by atomic mass is 16.3. The third-order valence-corrected chi connectivity index (χ3v) is 5.49. The van der Waals surface area contributed by atoms with Crippen LogP contribution in [0.4, 0.5) is 0 Å². The maximum atomic E-state index is 13.2. The monoisotopic (exact) mass is 390 g/mol. The van der Waals surface area contributed by atoms with Crippen LogP contribution in [0, 0.1) is 13.8 Å². The van der Waals surface area contributed by atoms with E-state index in [-0.39, 0.29) is 11.6 Å². The molecule has 0 aliphatic heterocycles. The zero-order valence-electron chi connectivity index (χ0n) is 16.9. The summed E-state index contributed by atoms with van der Waals surface area (Å²) in [5.41, 5.74) is 3.38. The van der Waals surface area contributed by atoms with Gasteiger partial charge < -0.3 is 14.1 Å². The number of oxazole rings is 1. The number of fused-ring (bicyclic) bond motifs is 3. The van der Waals surface area contributed by atoms with E-state index in [0.29, 0.717) is 22.8 Å². The third-order valence-electron chi connectivity index (χ3n) is 5.49. The smallest absolute Gasteiger partial charge is 0.281 e. The standard InChI is InChI=1S/C22H22N4O3/c1-11-15(13-9-23-21(24-10-13)22(3,4)28)7-8-16-18(11)26(14-5-6-14)20(27)17-19(16)29-12(2)25-17/h7-10,14,28H,5-6H2,1-4H3. The summed E-state index contributed by atoms with van der Waals surface area (Å²) in [5.74, 6) is 0.859. The number of nitrogens with zero attached hydrogens (tertiary/aromatic N) is 4. The molecule has 1 N–H and O–H groups in total. The molecule has 3 aromatic heterocycles. The van der Waals surface area contributed by atoms with Crippen molar-refractivity contribution in [1.82, 2.24) is 19.5 Å². The van der Waals surface area contributed by atoms with E-state index in [0.717, 1.165) is 40.4 Å². The minimum atomic E-state index is -1.10. The average Bonchev–Trinajstić information content (AvgIpc) is 3.42. The zero-order chi connectivity index (χ0) is 20.5. The van der Waals surface area contributed by atoms with Gasteiger partial charge in [0.25, 0.3) is 5.56 Å². The normalized spacial score (nSPS) is 14.8. The van der Waals surface area contributed by atoms with Gasteiger partial charge in [-0.3, -0.25) is 4.79 Å². The Kier molecular flexibility index (Phi) is 3.70. The highest BCUT2D eigenvalue weighted by Crippen LogP contribution is 2.40. The van der Waals surface area contributed by atoms with E-state index in [1.165, 1.54) is 0 Å². The molecule has 7 heteroatoms. The fourth-order valence-corrected chi connectivity index (χ4v) is 3.94. The molecule has 4 aromatic rings. The SMILES string of the molecule is Cc1nc2c(=O)n(C3CC3)c3c(C)c(-c4cnc(C(C)(C)O)nc4)ccc3c2o1. The first-order valence-electron chi connectivity index (χ1n) is 9.76. The van der Waals surface area contributed by atoms with Crippen molar-refractivity contribution in [3.05, 3.63) is 52.2 Å². The Morgan fingerprint density at radius 1 is 1.17 bits per heavy atom. The molecule has 0 atom stereocenters. The molecule has 1 saturated carbocycles. The maximum absolute atomic E-state index is 13.2. The summed E-state index contributed by atoms with van der Waals surface area (Å²) in [7, 11) is 0. The van der Waals surface area contributed by atoms with Crippen LogP contribution in [0.5, 0.6) is 0 Å². The molecule has 29 heavy (non-hydrogen) atoms. The Labute approximate surface area is 167 Å². The summed E-state index contributed by atoms with van der Waals surface area (Å²) in [6.07, 6.45) is 5.41. The summed E-state index contributed by atoms with van der Waals surface area (Å²) >= 11 is 0. The van der Waals surface area contributed by atoms with Crippen molar-refractivity contribution in [2.75, 3.05) is 0 Å². The van der Waals surface area contributed by atoms with E-state index in [9.17, 15) is 9.90 Å². The Bertz CT molecular complexity index is 1320. The van der Waals surface area contributed by atoms with Gasteiger partial charge >= 0.3 is 0 Å². The molecule has 0 unspecified atom stereocenters. The van der Waals surface area contributed by atoms with Crippen molar-refractivity contribution >= 4 is 22.0 Å². The van der Waals surface area contributed by atoms with Crippen molar-refractivity contribution in [1.29, 1.82) is 0 Å². The molecule has 1 aliphatic carbocycles. The second-order valence-corrected chi connectivity index (χ2v) is 8.31. The van der Waals surface area contributed by atoms with Crippen molar-refractivity contribution < 1.29 is 9.52 Å². The number of aryl methyl sites for hydroxylation is 2. The fourth-order valence-electron chi connectivity index (χ4n) is 3.94. The van der Waals surface area contributed by atoms with Crippen molar-refractivity contribution in [3.63, 3.8) is 0 Å². The van der Waals surface area contributed by atoms with Gasteiger partial charge in [-0.05, 0) is 50.8 Å². The van der Waals surface area contributed by atoms with Crippen LogP contribution in [0.15, 0.2) is 33.7 Å². The lowest BCUT2D eigenvalue weighted by atomic mass is 9.98. The molecule has 1 aliphatic rings. The Hall–Kier alpha value is -3.06. The number of aromatic nitrogens is 4. The highest BCUT2D eigenvalue weighted by Gasteiger charge is 2.30. The van der Waals surface area contributed by atoms with E-state index >= 15 is 0 Å². The molecule has 7 nitrogen and oxygen atoms in total. The van der Waals surface area contributed by atoms with E-state index in [2.05, 4.69) is 15.0 Å². The maximum Gasteiger partial charge on any atom is 0.281 e. The number of hydrogen-bond donors (Lipinski definition) is 1. The molecular weight excluding hydrogens is 368 g/mol. The van der Waals surface area contributed by atoms with Gasteiger partial charge in [-0.1, -0.05) is 6.07 Å². The van der Waals surface area contributed by atoms with Gasteiger partial charge in [-0.25, -0.2) is 15.0 Å². The quantitative estimate of drug-likeness (QED) is 0.572. The van der Waals surface area contributed by atoms with E-state index < -0.39 is 5.60 Å². The number of benzene rings is 1. The van der Waals surface area contributed by atoms with Crippen molar-refractivity contribution in [2.45, 2.75) is 52.2 Å². The predicted molar refractivity (Wildman–Crippen MR) is 110 cm³/mol. The van der Waals surface area contributed by atoms with Gasteiger partial charge in [0.2, 0.25) is 0 Å². The van der Waals surface area contributed by atoms with Gasteiger partial charge in [-0.2, -0.15) is 0 Å². The molecule has 148 valence electrons. The van der Waals surface area contributed by atoms with Gasteiger partial charge in [0.1, 0.15) is 5.60 Å². The molecule has 0 saturated heterocycles. The first-order chi connectivity index (χ1) is 13.8. The summed E-state index contributed by atoms with van der Waals surface area (Å²) in [5, 5.41) is 11.0. The summed E-state index contributed by atoms with van der Waals surface area (Å²) < 4.78 is 7.67. The number of hydrogen-bond acceptors (Lipinski definition) is 6. The van der Waals surface area contributed by atoms with E-state index in [4.69, 9.17) is 4.42 Å². The van der Waals surface area contributed by atoms with Crippen LogP contribution in [0.1, 0.15) is 50.0 Å². The van der Waals surface area contributed by atoms with E-state index in [1.54, 1.807) is 33.2 Å². The molecular formula is C22H22N4O3. The van der Waals surface area contributed by atoms with Gasteiger partial charge in [0, 0.05) is 36.3 Å². The summed E-state index contributed by atoms with van der Waals surface area (Å²) in [6.45, 7) is 7.08. The molecule has 0 spiro atoms. The van der Waals surface area contributed by atoms with Gasteiger partial charge in [-0.15, -0.1) is 0 Å². The average molecular weight is 390 g/mol. The molecule has 5 rings (SSSR count). The van der Waals surface area contributed by atoms with Crippen molar-refractivity contribution in [3.8, 4) is 11.1 Å². The first-order valence-corrected chi connectivity index (χ1v) is 9.76. The van der Waals surface area contributed by atoms with Crippen LogP contribution in [-0.2, 0) is 5.60 Å². The Morgan fingerprint density at radius 2 is 1.86 bits per heavy atom. The number of rotatable bonds is 3. The highest BCUT2D eigenvalue weighted by molar-refractivity contribution is 6.04. The second-order valence-electron chi connectivity index (χ2n) is 8.31. The Morgan fingerprint density at radius 3 is 2.48 bits per heavy atom. The minimum absolute atomic E-state index is 0.0965. The zero-order valence-corrected chi connectivity index (χ0v) is 16.9.